The number of nitrogens with zero attached hydrogens (tertiary/aromatic N) is 2. The summed E-state index contributed by atoms with van der Waals surface area (Å²) in [6.45, 7) is 1.99. The van der Waals surface area contributed by atoms with Gasteiger partial charge < -0.3 is 9.84 Å². The molecule has 1 saturated heterocycles. The van der Waals surface area contributed by atoms with Gasteiger partial charge in [0.05, 0.1) is 12.3 Å². The normalized spacial score (nSPS) is 21.8. The highest BCUT2D eigenvalue weighted by atomic mass is 19.1. The van der Waals surface area contributed by atoms with Gasteiger partial charge in [-0.05, 0) is 32.3 Å². The van der Waals surface area contributed by atoms with Crippen molar-refractivity contribution in [3.63, 3.8) is 0 Å². The molecule has 5 heteroatoms. The van der Waals surface area contributed by atoms with E-state index in [-0.39, 0.29) is 6.23 Å². The zero-order valence-electron chi connectivity index (χ0n) is 9.90. The molecule has 0 aliphatic carbocycles. The standard InChI is InChI=1S/C12H17FN2O2/c1-9-10(6-11(13)8-16)7-15(14-9)12-4-2-3-5-17-12/h6-7,12,16H,2-5,8H2,1H3/b11-6+. The summed E-state index contributed by atoms with van der Waals surface area (Å²) in [7, 11) is 0. The van der Waals surface area contributed by atoms with Crippen molar-refractivity contribution in [2.24, 2.45) is 0 Å². The number of halogens is 1. The largest absolute Gasteiger partial charge is 0.389 e. The minimum Gasteiger partial charge on any atom is -0.389 e. The number of hydrogen-bond acceptors (Lipinski definition) is 3. The van der Waals surface area contributed by atoms with Crippen molar-refractivity contribution in [1.29, 1.82) is 0 Å². The molecule has 94 valence electrons. The van der Waals surface area contributed by atoms with Crippen LogP contribution in [0.5, 0.6) is 0 Å². The number of rotatable bonds is 3. The SMILES string of the molecule is Cc1nn(C2CCCCO2)cc1/C=C(/F)CO. The maximum absolute atomic E-state index is 13.0. The first-order chi connectivity index (χ1) is 8.20. The number of hydrogen-bond donors (Lipinski definition) is 1. The Morgan fingerprint density at radius 2 is 2.53 bits per heavy atom. The van der Waals surface area contributed by atoms with E-state index >= 15 is 0 Å². The minimum absolute atomic E-state index is 0.0400. The van der Waals surface area contributed by atoms with Crippen LogP contribution in [0, 0.1) is 6.92 Å². The summed E-state index contributed by atoms with van der Waals surface area (Å²) in [5.41, 5.74) is 1.42. The maximum atomic E-state index is 13.0. The predicted octanol–water partition coefficient (Wildman–Crippen LogP) is 2.19. The van der Waals surface area contributed by atoms with Crippen molar-refractivity contribution in [2.75, 3.05) is 13.2 Å². The zero-order chi connectivity index (χ0) is 12.3. The molecule has 1 atom stereocenters. The van der Waals surface area contributed by atoms with Gasteiger partial charge in [-0.15, -0.1) is 0 Å². The zero-order valence-corrected chi connectivity index (χ0v) is 9.90. The van der Waals surface area contributed by atoms with Gasteiger partial charge in [0.25, 0.3) is 0 Å². The molecule has 1 N–H and O–H groups in total. The number of ether oxygens (including phenoxy) is 1. The molecule has 0 amide bonds. The minimum atomic E-state index is -0.579. The highest BCUT2D eigenvalue weighted by Gasteiger charge is 2.17. The second-order valence-electron chi connectivity index (χ2n) is 4.22. The summed E-state index contributed by atoms with van der Waals surface area (Å²) in [4.78, 5) is 0. The van der Waals surface area contributed by atoms with Crippen molar-refractivity contribution >= 4 is 6.08 Å². The van der Waals surface area contributed by atoms with Gasteiger partial charge in [-0.3, -0.25) is 0 Å². The van der Waals surface area contributed by atoms with Crippen molar-refractivity contribution in [2.45, 2.75) is 32.4 Å². The number of aliphatic hydroxyl groups excluding tert-OH is 1. The fraction of sp³-hybridized carbons (Fsp3) is 0.583. The van der Waals surface area contributed by atoms with Crippen LogP contribution >= 0.6 is 0 Å². The van der Waals surface area contributed by atoms with Crippen LogP contribution in [0.15, 0.2) is 12.0 Å². The van der Waals surface area contributed by atoms with E-state index in [2.05, 4.69) is 5.10 Å². The summed E-state index contributed by atoms with van der Waals surface area (Å²) in [6.07, 6.45) is 6.18. The topological polar surface area (TPSA) is 47.3 Å². The lowest BCUT2D eigenvalue weighted by Crippen LogP contribution is -2.18. The molecule has 1 aromatic heterocycles. The number of aryl methyl sites for hydroxylation is 1. The highest BCUT2D eigenvalue weighted by molar-refractivity contribution is 5.52. The Kier molecular flexibility index (Phi) is 3.91. The Balaban J connectivity index is 2.17. The molecule has 0 radical (unpaired) electrons. The molecule has 4 nitrogen and oxygen atoms in total. The van der Waals surface area contributed by atoms with Crippen LogP contribution in [0.4, 0.5) is 4.39 Å². The Bertz CT molecular complexity index is 409. The van der Waals surface area contributed by atoms with Crippen LogP contribution in [-0.2, 0) is 4.74 Å². The molecule has 17 heavy (non-hydrogen) atoms. The van der Waals surface area contributed by atoms with E-state index in [1.165, 1.54) is 6.08 Å². The molecule has 1 aliphatic heterocycles. The third-order valence-electron chi connectivity index (χ3n) is 2.87. The Morgan fingerprint density at radius 1 is 1.71 bits per heavy atom. The van der Waals surface area contributed by atoms with Gasteiger partial charge >= 0.3 is 0 Å². The van der Waals surface area contributed by atoms with Crippen LogP contribution in [0.3, 0.4) is 0 Å². The molecule has 0 spiro atoms. The second-order valence-corrected chi connectivity index (χ2v) is 4.22. The fourth-order valence-electron chi connectivity index (χ4n) is 1.93. The molecule has 1 fully saturated rings. The van der Waals surface area contributed by atoms with Gasteiger partial charge in [-0.1, -0.05) is 0 Å². The van der Waals surface area contributed by atoms with E-state index in [4.69, 9.17) is 9.84 Å². The molecule has 2 rings (SSSR count). The number of aromatic nitrogens is 2. The molecule has 1 aromatic rings. The van der Waals surface area contributed by atoms with Crippen LogP contribution < -0.4 is 0 Å². The van der Waals surface area contributed by atoms with Crippen LogP contribution in [-0.4, -0.2) is 28.1 Å². The van der Waals surface area contributed by atoms with Gasteiger partial charge in [-0.25, -0.2) is 9.07 Å². The van der Waals surface area contributed by atoms with Crippen molar-refractivity contribution in [1.82, 2.24) is 9.78 Å². The van der Waals surface area contributed by atoms with Crippen molar-refractivity contribution < 1.29 is 14.2 Å². The predicted molar refractivity (Wildman–Crippen MR) is 62.0 cm³/mol. The monoisotopic (exact) mass is 240 g/mol. The summed E-state index contributed by atoms with van der Waals surface area (Å²) < 4.78 is 20.3. The summed E-state index contributed by atoms with van der Waals surface area (Å²) in [6, 6.07) is 0. The third-order valence-corrected chi connectivity index (χ3v) is 2.87. The molecule has 1 aliphatic rings. The van der Waals surface area contributed by atoms with Crippen LogP contribution in [0.1, 0.15) is 36.7 Å². The number of aliphatic hydroxyl groups is 1. The van der Waals surface area contributed by atoms with E-state index in [0.29, 0.717) is 5.56 Å². The lowest BCUT2D eigenvalue weighted by Gasteiger charge is -2.22. The first kappa shape index (κ1) is 12.3. The average molecular weight is 240 g/mol. The molecule has 0 aromatic carbocycles. The maximum Gasteiger partial charge on any atom is 0.150 e. The molecule has 1 unspecified atom stereocenters. The van der Waals surface area contributed by atoms with Gasteiger partial charge in [0.2, 0.25) is 0 Å². The fourth-order valence-corrected chi connectivity index (χ4v) is 1.93. The van der Waals surface area contributed by atoms with Gasteiger partial charge in [0, 0.05) is 18.4 Å². The molecule has 0 saturated carbocycles. The van der Waals surface area contributed by atoms with Crippen LogP contribution in [0.2, 0.25) is 0 Å². The van der Waals surface area contributed by atoms with E-state index in [9.17, 15) is 4.39 Å². The van der Waals surface area contributed by atoms with E-state index in [0.717, 1.165) is 31.6 Å². The summed E-state index contributed by atoms with van der Waals surface area (Å²) in [5, 5.41) is 13.0. The third kappa shape index (κ3) is 2.92. The average Bonchev–Trinajstić information content (AvgIpc) is 2.72. The first-order valence-corrected chi connectivity index (χ1v) is 5.85. The van der Waals surface area contributed by atoms with Gasteiger partial charge in [0.15, 0.2) is 0 Å². The Hall–Kier alpha value is -1.20. The van der Waals surface area contributed by atoms with E-state index in [1.807, 2.05) is 6.92 Å². The van der Waals surface area contributed by atoms with Crippen LogP contribution in [0.25, 0.3) is 6.08 Å². The lowest BCUT2D eigenvalue weighted by atomic mass is 10.2. The highest BCUT2D eigenvalue weighted by Crippen LogP contribution is 2.23. The Morgan fingerprint density at radius 3 is 3.18 bits per heavy atom. The second kappa shape index (κ2) is 5.42. The molecular formula is C12H17FN2O2. The molecule has 2 heterocycles. The summed E-state index contributed by atoms with van der Waals surface area (Å²) in [5.74, 6) is -0.558. The molecular weight excluding hydrogens is 223 g/mol. The smallest absolute Gasteiger partial charge is 0.150 e. The van der Waals surface area contributed by atoms with E-state index < -0.39 is 12.4 Å². The van der Waals surface area contributed by atoms with Gasteiger partial charge in [0.1, 0.15) is 12.1 Å². The molecule has 0 bridgehead atoms. The van der Waals surface area contributed by atoms with Gasteiger partial charge in [-0.2, -0.15) is 5.10 Å². The Labute approximate surface area is 99.7 Å². The van der Waals surface area contributed by atoms with Crippen molar-refractivity contribution in [3.8, 4) is 0 Å². The van der Waals surface area contributed by atoms with E-state index in [1.54, 1.807) is 10.9 Å². The lowest BCUT2D eigenvalue weighted by molar-refractivity contribution is -0.0396. The quantitative estimate of drug-likeness (QED) is 0.881. The van der Waals surface area contributed by atoms with Crippen molar-refractivity contribution in [3.05, 3.63) is 23.3 Å². The summed E-state index contributed by atoms with van der Waals surface area (Å²) >= 11 is 0. The first-order valence-electron chi connectivity index (χ1n) is 5.85.